The Balaban J connectivity index is 1.30. The molecule has 188 valence electrons. The van der Waals surface area contributed by atoms with E-state index >= 15 is 0 Å². The molecule has 0 unspecified atom stereocenters. The molecule has 6 rings (SSSR count). The van der Waals surface area contributed by atoms with E-state index in [-0.39, 0.29) is 0 Å². The Morgan fingerprint density at radius 3 is 2.17 bits per heavy atom. The third-order valence-corrected chi connectivity index (χ3v) is 10.5. The van der Waals surface area contributed by atoms with Crippen LogP contribution in [0.5, 0.6) is 0 Å². The van der Waals surface area contributed by atoms with E-state index < -0.39 is 0 Å². The highest BCUT2D eigenvalue weighted by molar-refractivity contribution is 5.85. The Morgan fingerprint density at radius 1 is 0.750 bits per heavy atom. The van der Waals surface area contributed by atoms with Crippen LogP contribution in [-0.4, -0.2) is 0 Å². The SMILES string of the molecule is Cc1cc(-c2c(C)ccc3c2Cc2c(C)cccc2-3)[n+](C)cc1C1CCC2(CC1)CCC(C)(C)CC2. The molecule has 3 aromatic rings. The smallest absolute Gasteiger partial charge is 0.201 e. The Hall–Kier alpha value is -2.41. The van der Waals surface area contributed by atoms with Gasteiger partial charge in [-0.2, -0.15) is 0 Å². The van der Waals surface area contributed by atoms with E-state index in [0.717, 1.165) is 12.3 Å². The topological polar surface area (TPSA) is 3.88 Å². The van der Waals surface area contributed by atoms with Gasteiger partial charge >= 0.3 is 0 Å². The molecule has 0 N–H and O–H groups in total. The maximum absolute atomic E-state index is 2.50. The van der Waals surface area contributed by atoms with Crippen LogP contribution in [0.1, 0.15) is 105 Å². The lowest BCUT2D eigenvalue weighted by Crippen LogP contribution is -2.36. The first-order valence-electron chi connectivity index (χ1n) is 14.4. The molecular formula is C35H44N+. The van der Waals surface area contributed by atoms with E-state index in [1.807, 2.05) is 0 Å². The normalized spacial score (nSPS) is 20.4. The average molecular weight is 479 g/mol. The van der Waals surface area contributed by atoms with Crippen molar-refractivity contribution in [3.05, 3.63) is 76.0 Å². The maximum atomic E-state index is 2.50. The zero-order valence-corrected chi connectivity index (χ0v) is 23.4. The molecule has 1 spiro atoms. The summed E-state index contributed by atoms with van der Waals surface area (Å²) in [5.41, 5.74) is 15.8. The van der Waals surface area contributed by atoms with Gasteiger partial charge in [0.2, 0.25) is 5.69 Å². The zero-order valence-electron chi connectivity index (χ0n) is 23.4. The average Bonchev–Trinajstić information content (AvgIpc) is 3.23. The Morgan fingerprint density at radius 2 is 1.44 bits per heavy atom. The van der Waals surface area contributed by atoms with E-state index in [1.54, 1.807) is 5.56 Å². The fourth-order valence-electron chi connectivity index (χ4n) is 7.87. The summed E-state index contributed by atoms with van der Waals surface area (Å²) in [4.78, 5) is 0. The number of hydrogen-bond acceptors (Lipinski definition) is 0. The predicted molar refractivity (Wildman–Crippen MR) is 151 cm³/mol. The summed E-state index contributed by atoms with van der Waals surface area (Å²) in [6.45, 7) is 11.9. The molecule has 0 radical (unpaired) electrons. The summed E-state index contributed by atoms with van der Waals surface area (Å²) in [5, 5.41) is 0. The molecule has 1 aromatic heterocycles. The fourth-order valence-corrected chi connectivity index (χ4v) is 7.87. The minimum absolute atomic E-state index is 0.568. The highest BCUT2D eigenvalue weighted by Crippen LogP contribution is 2.55. The van der Waals surface area contributed by atoms with Crippen molar-refractivity contribution in [3.8, 4) is 22.4 Å². The lowest BCUT2D eigenvalue weighted by molar-refractivity contribution is -0.661. The molecule has 2 aromatic carbocycles. The number of pyridine rings is 1. The summed E-state index contributed by atoms with van der Waals surface area (Å²) in [5.74, 6) is 0.723. The van der Waals surface area contributed by atoms with Crippen LogP contribution in [0.25, 0.3) is 22.4 Å². The lowest BCUT2D eigenvalue weighted by atomic mass is 9.58. The van der Waals surface area contributed by atoms with E-state index in [2.05, 4.69) is 88.8 Å². The monoisotopic (exact) mass is 478 g/mol. The number of fused-ring (bicyclic) bond motifs is 3. The van der Waals surface area contributed by atoms with Crippen LogP contribution in [0, 0.1) is 31.6 Å². The van der Waals surface area contributed by atoms with E-state index in [0.29, 0.717) is 10.8 Å². The number of nitrogens with zero attached hydrogens (tertiary/aromatic N) is 1. The van der Waals surface area contributed by atoms with Gasteiger partial charge in [0, 0.05) is 11.6 Å². The van der Waals surface area contributed by atoms with Crippen molar-refractivity contribution < 1.29 is 4.57 Å². The van der Waals surface area contributed by atoms with Crippen LogP contribution in [-0.2, 0) is 13.5 Å². The van der Waals surface area contributed by atoms with Crippen LogP contribution in [0.4, 0.5) is 0 Å². The maximum Gasteiger partial charge on any atom is 0.213 e. The summed E-state index contributed by atoms with van der Waals surface area (Å²) in [6.07, 6.45) is 14.9. The minimum Gasteiger partial charge on any atom is -0.201 e. The number of aromatic nitrogens is 1. The predicted octanol–water partition coefficient (Wildman–Crippen LogP) is 8.92. The summed E-state index contributed by atoms with van der Waals surface area (Å²) in [6, 6.07) is 14.0. The van der Waals surface area contributed by atoms with Crippen LogP contribution < -0.4 is 4.57 Å². The highest BCUT2D eigenvalue weighted by atomic mass is 14.9. The Bertz CT molecular complexity index is 1320. The van der Waals surface area contributed by atoms with Gasteiger partial charge in [0.05, 0.1) is 5.56 Å². The first-order valence-corrected chi connectivity index (χ1v) is 14.4. The van der Waals surface area contributed by atoms with Gasteiger partial charge in [-0.25, -0.2) is 4.57 Å². The van der Waals surface area contributed by atoms with Gasteiger partial charge in [0.1, 0.15) is 7.05 Å². The number of rotatable bonds is 2. The minimum atomic E-state index is 0.568. The zero-order chi connectivity index (χ0) is 25.2. The molecular weight excluding hydrogens is 434 g/mol. The second kappa shape index (κ2) is 8.57. The molecule has 1 heteroatoms. The Kier molecular flexibility index (Phi) is 5.71. The number of hydrogen-bond donors (Lipinski definition) is 0. The van der Waals surface area contributed by atoms with Crippen LogP contribution >= 0.6 is 0 Å². The van der Waals surface area contributed by atoms with Crippen molar-refractivity contribution >= 4 is 0 Å². The van der Waals surface area contributed by atoms with Gasteiger partial charge in [-0.05, 0) is 134 Å². The molecule has 2 saturated carbocycles. The third-order valence-electron chi connectivity index (χ3n) is 10.5. The van der Waals surface area contributed by atoms with Crippen LogP contribution in [0.3, 0.4) is 0 Å². The molecule has 2 fully saturated rings. The van der Waals surface area contributed by atoms with Crippen molar-refractivity contribution in [1.82, 2.24) is 0 Å². The molecule has 3 aliphatic rings. The molecule has 0 saturated heterocycles. The van der Waals surface area contributed by atoms with Gasteiger partial charge < -0.3 is 0 Å². The van der Waals surface area contributed by atoms with Crippen LogP contribution in [0.15, 0.2) is 42.6 Å². The van der Waals surface area contributed by atoms with Crippen molar-refractivity contribution in [2.75, 3.05) is 0 Å². The van der Waals surface area contributed by atoms with Crippen molar-refractivity contribution in [3.63, 3.8) is 0 Å². The highest BCUT2D eigenvalue weighted by Gasteiger charge is 2.41. The molecule has 0 atom stereocenters. The summed E-state index contributed by atoms with van der Waals surface area (Å²) >= 11 is 0. The molecule has 3 aliphatic carbocycles. The first-order chi connectivity index (χ1) is 17.2. The first kappa shape index (κ1) is 24.0. The van der Waals surface area contributed by atoms with Crippen LogP contribution in [0.2, 0.25) is 0 Å². The third kappa shape index (κ3) is 3.94. The van der Waals surface area contributed by atoms with Gasteiger partial charge in [0.25, 0.3) is 0 Å². The van der Waals surface area contributed by atoms with Crippen molar-refractivity contribution in [2.45, 2.75) is 98.3 Å². The van der Waals surface area contributed by atoms with E-state index in [1.165, 1.54) is 102 Å². The quantitative estimate of drug-likeness (QED) is 0.253. The van der Waals surface area contributed by atoms with Crippen molar-refractivity contribution in [1.29, 1.82) is 0 Å². The summed E-state index contributed by atoms with van der Waals surface area (Å²) < 4.78 is 2.44. The second-order valence-electron chi connectivity index (χ2n) is 13.4. The standard InChI is InChI=1S/C35H44N/c1-23-8-7-9-27-28-11-10-24(2)33(30(28)21-29(23)27)32-20-25(3)31(22-36(32)6)26-12-14-35(15-13-26)18-16-34(4,5)17-19-35/h7-11,20,22,26H,12-19,21H2,1-6H3/q+1. The molecule has 1 heterocycles. The molecule has 0 bridgehead atoms. The number of benzene rings is 2. The van der Waals surface area contributed by atoms with Gasteiger partial charge in [-0.3, -0.25) is 0 Å². The molecule has 1 nitrogen and oxygen atoms in total. The van der Waals surface area contributed by atoms with Gasteiger partial charge in [0.15, 0.2) is 6.20 Å². The van der Waals surface area contributed by atoms with Gasteiger partial charge in [-0.15, -0.1) is 0 Å². The Labute approximate surface area is 219 Å². The number of aryl methyl sites for hydroxylation is 4. The molecule has 0 aliphatic heterocycles. The molecule has 0 amide bonds. The second-order valence-corrected chi connectivity index (χ2v) is 13.4. The lowest BCUT2D eigenvalue weighted by Gasteiger charge is -2.47. The molecule has 36 heavy (non-hydrogen) atoms. The van der Waals surface area contributed by atoms with Gasteiger partial charge in [-0.1, -0.05) is 44.2 Å². The largest absolute Gasteiger partial charge is 0.213 e. The van der Waals surface area contributed by atoms with E-state index in [9.17, 15) is 0 Å². The summed E-state index contributed by atoms with van der Waals surface area (Å²) in [7, 11) is 2.28. The van der Waals surface area contributed by atoms with E-state index in [4.69, 9.17) is 0 Å². The fraction of sp³-hybridized carbons (Fsp3) is 0.514. The van der Waals surface area contributed by atoms with Crippen molar-refractivity contribution in [2.24, 2.45) is 17.9 Å².